The second-order valence-electron chi connectivity index (χ2n) is 7.88. The number of nitrogens with one attached hydrogen (secondary N) is 1. The monoisotopic (exact) mass is 418 g/mol. The number of aryl methyl sites for hydroxylation is 1. The van der Waals surface area contributed by atoms with Crippen molar-refractivity contribution in [2.75, 3.05) is 19.6 Å². The van der Waals surface area contributed by atoms with Crippen molar-refractivity contribution in [2.45, 2.75) is 31.6 Å². The third-order valence-electron chi connectivity index (χ3n) is 5.70. The number of carboxylic acid groups (broad SMARTS) is 1. The lowest BCUT2D eigenvalue weighted by Crippen LogP contribution is -2.42. The lowest BCUT2D eigenvalue weighted by Gasteiger charge is -2.24. The molecule has 0 bridgehead atoms. The third kappa shape index (κ3) is 5.17. The van der Waals surface area contributed by atoms with E-state index in [2.05, 4.69) is 15.3 Å². The number of amides is 2. The van der Waals surface area contributed by atoms with E-state index in [0.29, 0.717) is 19.6 Å². The molecule has 0 saturated heterocycles. The smallest absolute Gasteiger partial charge is 0.317 e. The van der Waals surface area contributed by atoms with Crippen LogP contribution in [0.1, 0.15) is 35.6 Å². The van der Waals surface area contributed by atoms with Gasteiger partial charge in [0.25, 0.3) is 0 Å². The number of carbonyl (C=O) groups excluding carboxylic acids is 1. The Labute approximate surface area is 181 Å². The Bertz CT molecular complexity index is 1090. The number of aromatic nitrogens is 2. The van der Waals surface area contributed by atoms with Gasteiger partial charge < -0.3 is 15.3 Å². The van der Waals surface area contributed by atoms with E-state index >= 15 is 0 Å². The molecule has 0 fully saturated rings. The van der Waals surface area contributed by atoms with E-state index in [1.807, 2.05) is 48.5 Å². The fourth-order valence-electron chi connectivity index (χ4n) is 4.15. The predicted octanol–water partition coefficient (Wildman–Crippen LogP) is 3.39. The molecule has 0 radical (unpaired) electrons. The third-order valence-corrected chi connectivity index (χ3v) is 5.70. The van der Waals surface area contributed by atoms with Gasteiger partial charge in [0.15, 0.2) is 5.65 Å². The molecule has 7 nitrogen and oxygen atoms in total. The highest BCUT2D eigenvalue weighted by molar-refractivity contribution is 5.75. The number of nitrogens with zero attached hydrogens (tertiary/aromatic N) is 3. The zero-order valence-electron chi connectivity index (χ0n) is 17.3. The zero-order valence-corrected chi connectivity index (χ0v) is 17.3. The Morgan fingerprint density at radius 1 is 1.13 bits per heavy atom. The standard InChI is InChI=1S/C24H26N4O3/c29-22(30)15-19-16-28(14-11-17-5-1-2-8-21(17)19)24(31)26-13-4-7-20-10-9-18-6-3-12-25-23(18)27-20/h1-3,5-6,8-10,12,19H,4,7,11,13-16H2,(H,26,31)(H,29,30). The summed E-state index contributed by atoms with van der Waals surface area (Å²) in [5.41, 5.74) is 3.85. The second-order valence-corrected chi connectivity index (χ2v) is 7.88. The summed E-state index contributed by atoms with van der Waals surface area (Å²) >= 11 is 0. The molecule has 1 aliphatic rings. The van der Waals surface area contributed by atoms with Gasteiger partial charge in [-0.15, -0.1) is 0 Å². The van der Waals surface area contributed by atoms with Crippen molar-refractivity contribution < 1.29 is 14.7 Å². The number of pyridine rings is 2. The fraction of sp³-hybridized carbons (Fsp3) is 0.333. The van der Waals surface area contributed by atoms with Crippen molar-refractivity contribution in [3.63, 3.8) is 0 Å². The van der Waals surface area contributed by atoms with Crippen molar-refractivity contribution >= 4 is 23.0 Å². The van der Waals surface area contributed by atoms with Gasteiger partial charge in [-0.05, 0) is 54.7 Å². The molecule has 0 aliphatic carbocycles. The summed E-state index contributed by atoms with van der Waals surface area (Å²) in [6.07, 6.45) is 4.00. The number of aliphatic carboxylic acids is 1. The normalized spacial score (nSPS) is 15.9. The molecule has 1 aromatic carbocycles. The fourth-order valence-corrected chi connectivity index (χ4v) is 4.15. The van der Waals surface area contributed by atoms with Crippen LogP contribution in [0, 0.1) is 0 Å². The van der Waals surface area contributed by atoms with Crippen LogP contribution in [0.3, 0.4) is 0 Å². The van der Waals surface area contributed by atoms with Gasteiger partial charge in [0.1, 0.15) is 0 Å². The highest BCUT2D eigenvalue weighted by Crippen LogP contribution is 2.28. The molecule has 1 atom stereocenters. The van der Waals surface area contributed by atoms with Crippen LogP contribution < -0.4 is 5.32 Å². The van der Waals surface area contributed by atoms with Crippen molar-refractivity contribution in [3.05, 3.63) is 71.5 Å². The van der Waals surface area contributed by atoms with Gasteiger partial charge in [-0.25, -0.2) is 14.8 Å². The van der Waals surface area contributed by atoms with Crippen molar-refractivity contribution in [3.8, 4) is 0 Å². The molecule has 1 unspecified atom stereocenters. The van der Waals surface area contributed by atoms with E-state index in [9.17, 15) is 14.7 Å². The van der Waals surface area contributed by atoms with E-state index in [1.165, 1.54) is 0 Å². The van der Waals surface area contributed by atoms with Crippen LogP contribution in [0.5, 0.6) is 0 Å². The van der Waals surface area contributed by atoms with E-state index in [4.69, 9.17) is 0 Å². The first kappa shape index (κ1) is 20.8. The summed E-state index contributed by atoms with van der Waals surface area (Å²) in [6.45, 7) is 1.53. The van der Waals surface area contributed by atoms with Gasteiger partial charge in [0.05, 0.1) is 6.42 Å². The first-order valence-corrected chi connectivity index (χ1v) is 10.6. The van der Waals surface area contributed by atoms with Crippen LogP contribution >= 0.6 is 0 Å². The van der Waals surface area contributed by atoms with Gasteiger partial charge in [-0.2, -0.15) is 0 Å². The molecule has 0 saturated carbocycles. The number of carboxylic acids is 1. The number of carbonyl (C=O) groups is 2. The first-order chi connectivity index (χ1) is 15.1. The van der Waals surface area contributed by atoms with Crippen LogP contribution in [0.2, 0.25) is 0 Å². The maximum Gasteiger partial charge on any atom is 0.317 e. The van der Waals surface area contributed by atoms with Crippen LogP contribution in [-0.4, -0.2) is 51.6 Å². The molecular formula is C24H26N4O3. The summed E-state index contributed by atoms with van der Waals surface area (Å²) < 4.78 is 0. The van der Waals surface area contributed by atoms with Crippen molar-refractivity contribution in [1.29, 1.82) is 0 Å². The molecule has 160 valence electrons. The summed E-state index contributed by atoms with van der Waals surface area (Å²) in [7, 11) is 0. The quantitative estimate of drug-likeness (QED) is 0.599. The number of benzene rings is 1. The van der Waals surface area contributed by atoms with E-state index in [1.54, 1.807) is 11.1 Å². The Balaban J connectivity index is 1.32. The molecule has 4 rings (SSSR count). The van der Waals surface area contributed by atoms with Crippen LogP contribution in [0.25, 0.3) is 11.0 Å². The molecule has 7 heteroatoms. The summed E-state index contributed by atoms with van der Waals surface area (Å²) in [6, 6.07) is 15.6. The molecule has 31 heavy (non-hydrogen) atoms. The molecule has 2 amide bonds. The maximum atomic E-state index is 12.8. The minimum atomic E-state index is -0.848. The number of fused-ring (bicyclic) bond motifs is 2. The van der Waals surface area contributed by atoms with Crippen LogP contribution in [0.4, 0.5) is 4.79 Å². The highest BCUT2D eigenvalue weighted by atomic mass is 16.4. The van der Waals surface area contributed by atoms with Crippen LogP contribution in [0.15, 0.2) is 54.7 Å². The van der Waals surface area contributed by atoms with Gasteiger partial charge in [0.2, 0.25) is 0 Å². The Hall–Kier alpha value is -3.48. The highest BCUT2D eigenvalue weighted by Gasteiger charge is 2.27. The average molecular weight is 418 g/mol. The minimum Gasteiger partial charge on any atom is -0.481 e. The van der Waals surface area contributed by atoms with Gasteiger partial charge >= 0.3 is 12.0 Å². The molecule has 2 aromatic heterocycles. The van der Waals surface area contributed by atoms with Crippen LogP contribution in [-0.2, 0) is 17.6 Å². The predicted molar refractivity (Wildman–Crippen MR) is 118 cm³/mol. The van der Waals surface area contributed by atoms with E-state index < -0.39 is 5.97 Å². The molecule has 3 heterocycles. The van der Waals surface area contributed by atoms with Gasteiger partial charge in [-0.3, -0.25) is 4.79 Å². The lowest BCUT2D eigenvalue weighted by atomic mass is 9.91. The summed E-state index contributed by atoms with van der Waals surface area (Å²) in [5, 5.41) is 13.3. The van der Waals surface area contributed by atoms with Crippen molar-refractivity contribution in [2.24, 2.45) is 0 Å². The lowest BCUT2D eigenvalue weighted by molar-refractivity contribution is -0.137. The topological polar surface area (TPSA) is 95.4 Å². The Kier molecular flexibility index (Phi) is 6.40. The Morgan fingerprint density at radius 3 is 2.87 bits per heavy atom. The summed E-state index contributed by atoms with van der Waals surface area (Å²) in [4.78, 5) is 34.7. The number of rotatable bonds is 6. The maximum absolute atomic E-state index is 12.8. The summed E-state index contributed by atoms with van der Waals surface area (Å²) in [5.74, 6) is -1.05. The molecule has 3 aromatic rings. The largest absolute Gasteiger partial charge is 0.481 e. The van der Waals surface area contributed by atoms with E-state index in [0.717, 1.165) is 47.1 Å². The molecule has 2 N–H and O–H groups in total. The van der Waals surface area contributed by atoms with Crippen molar-refractivity contribution in [1.82, 2.24) is 20.2 Å². The zero-order chi connectivity index (χ0) is 21.6. The first-order valence-electron chi connectivity index (χ1n) is 10.6. The average Bonchev–Trinajstić information content (AvgIpc) is 2.96. The minimum absolute atomic E-state index is 0.0163. The van der Waals surface area contributed by atoms with E-state index in [-0.39, 0.29) is 18.4 Å². The molecule has 1 aliphatic heterocycles. The SMILES string of the molecule is O=C(O)CC1CN(C(=O)NCCCc2ccc3cccnc3n2)CCc2ccccc21. The number of urea groups is 1. The Morgan fingerprint density at radius 2 is 2.00 bits per heavy atom. The van der Waals surface area contributed by atoms with Gasteiger partial charge in [-0.1, -0.05) is 24.3 Å². The molecule has 0 spiro atoms. The van der Waals surface area contributed by atoms with Gasteiger partial charge in [0, 0.05) is 42.8 Å². The second kappa shape index (κ2) is 9.55. The molecular weight excluding hydrogens is 392 g/mol. The number of hydrogen-bond donors (Lipinski definition) is 2. The number of hydrogen-bond acceptors (Lipinski definition) is 4.